The van der Waals surface area contributed by atoms with Gasteiger partial charge in [-0.3, -0.25) is 9.59 Å². The summed E-state index contributed by atoms with van der Waals surface area (Å²) in [7, 11) is 0. The van der Waals surface area contributed by atoms with Crippen molar-refractivity contribution in [3.05, 3.63) is 89.2 Å². The molecule has 0 aliphatic heterocycles. The summed E-state index contributed by atoms with van der Waals surface area (Å²) in [6.07, 6.45) is 0. The molecular weight excluding hydrogens is 354 g/mol. The van der Waals surface area contributed by atoms with Crippen LogP contribution in [-0.4, -0.2) is 16.8 Å². The van der Waals surface area contributed by atoms with Gasteiger partial charge in [-0.25, -0.2) is 4.98 Å². The zero-order chi connectivity index (χ0) is 19.9. The first-order valence-corrected chi connectivity index (χ1v) is 8.20. The molecule has 0 saturated heterocycles. The number of pyridine rings is 1. The normalized spacial score (nSPS) is 9.64. The maximum Gasteiger partial charge on any atom is 0.274 e. The van der Waals surface area contributed by atoms with E-state index < -0.39 is 11.8 Å². The van der Waals surface area contributed by atoms with Crippen LogP contribution in [0.3, 0.4) is 0 Å². The molecule has 3 rings (SSSR count). The van der Waals surface area contributed by atoms with Crippen molar-refractivity contribution in [3.63, 3.8) is 0 Å². The van der Waals surface area contributed by atoms with Gasteiger partial charge in [0, 0.05) is 0 Å². The smallest absolute Gasteiger partial charge is 0.274 e. The molecule has 1 aromatic heterocycles. The van der Waals surface area contributed by atoms with Crippen molar-refractivity contribution in [2.45, 2.75) is 0 Å². The molecule has 0 unspecified atom stereocenters. The summed E-state index contributed by atoms with van der Waals surface area (Å²) in [5, 5.41) is 23.4. The van der Waals surface area contributed by atoms with Crippen LogP contribution < -0.4 is 10.6 Å². The van der Waals surface area contributed by atoms with Crippen molar-refractivity contribution in [1.29, 1.82) is 10.5 Å². The van der Waals surface area contributed by atoms with Gasteiger partial charge < -0.3 is 10.6 Å². The molecule has 134 valence electrons. The Hall–Kier alpha value is -4.49. The minimum Gasteiger partial charge on any atom is -0.319 e. The van der Waals surface area contributed by atoms with Crippen molar-refractivity contribution in [2.24, 2.45) is 0 Å². The highest BCUT2D eigenvalue weighted by Gasteiger charge is 2.15. The lowest BCUT2D eigenvalue weighted by Crippen LogP contribution is -2.19. The van der Waals surface area contributed by atoms with E-state index >= 15 is 0 Å². The largest absolute Gasteiger partial charge is 0.319 e. The van der Waals surface area contributed by atoms with Gasteiger partial charge in [0.2, 0.25) is 0 Å². The fourth-order valence-electron chi connectivity index (χ4n) is 2.44. The summed E-state index contributed by atoms with van der Waals surface area (Å²) in [5.41, 5.74) is 1.39. The van der Waals surface area contributed by atoms with Gasteiger partial charge >= 0.3 is 0 Å². The van der Waals surface area contributed by atoms with Crippen molar-refractivity contribution in [1.82, 2.24) is 4.98 Å². The van der Waals surface area contributed by atoms with Crippen LogP contribution in [0.25, 0.3) is 0 Å². The van der Waals surface area contributed by atoms with Crippen molar-refractivity contribution in [2.75, 3.05) is 10.6 Å². The number of nitrogens with one attached hydrogen (secondary N) is 2. The standard InChI is InChI=1S/C21H13N5O2/c22-12-14-6-1-3-8-16(14)25-20(27)18-10-5-11-19(24-18)21(28)26-17-9-4-2-7-15(17)13-23/h1-11H,(H,25,27)(H,26,28). The molecule has 7 heteroatoms. The van der Waals surface area contributed by atoms with Crippen LogP contribution in [0.5, 0.6) is 0 Å². The molecule has 28 heavy (non-hydrogen) atoms. The molecular formula is C21H13N5O2. The molecule has 0 fully saturated rings. The average Bonchev–Trinajstić information content (AvgIpc) is 2.74. The Morgan fingerprint density at radius 3 is 1.54 bits per heavy atom. The number of hydrogen-bond acceptors (Lipinski definition) is 5. The molecule has 0 bridgehead atoms. The van der Waals surface area contributed by atoms with Crippen LogP contribution in [-0.2, 0) is 0 Å². The number of benzene rings is 2. The summed E-state index contributed by atoms with van der Waals surface area (Å²) >= 11 is 0. The molecule has 0 aliphatic carbocycles. The maximum atomic E-state index is 12.5. The van der Waals surface area contributed by atoms with Gasteiger partial charge in [-0.1, -0.05) is 30.3 Å². The number of anilines is 2. The highest BCUT2D eigenvalue weighted by molar-refractivity contribution is 6.06. The van der Waals surface area contributed by atoms with E-state index in [-0.39, 0.29) is 11.4 Å². The molecule has 2 N–H and O–H groups in total. The molecule has 0 radical (unpaired) electrons. The van der Waals surface area contributed by atoms with E-state index in [0.29, 0.717) is 22.5 Å². The molecule has 0 spiro atoms. The average molecular weight is 367 g/mol. The quantitative estimate of drug-likeness (QED) is 0.733. The Morgan fingerprint density at radius 2 is 1.11 bits per heavy atom. The second-order valence-corrected chi connectivity index (χ2v) is 5.63. The van der Waals surface area contributed by atoms with Gasteiger partial charge in [-0.05, 0) is 36.4 Å². The molecule has 7 nitrogen and oxygen atoms in total. The lowest BCUT2D eigenvalue weighted by Gasteiger charge is -2.09. The van der Waals surface area contributed by atoms with Gasteiger partial charge in [-0.15, -0.1) is 0 Å². The third-order valence-corrected chi connectivity index (χ3v) is 3.81. The summed E-state index contributed by atoms with van der Waals surface area (Å²) in [6.45, 7) is 0. The molecule has 3 aromatic rings. The topological polar surface area (TPSA) is 119 Å². The fourth-order valence-corrected chi connectivity index (χ4v) is 2.44. The fraction of sp³-hybridized carbons (Fsp3) is 0. The van der Waals surface area contributed by atoms with E-state index in [1.54, 1.807) is 48.5 Å². The van der Waals surface area contributed by atoms with E-state index in [1.807, 2.05) is 12.1 Å². The Kier molecular flexibility index (Phi) is 5.40. The van der Waals surface area contributed by atoms with Crippen LogP contribution in [0.15, 0.2) is 66.7 Å². The summed E-state index contributed by atoms with van der Waals surface area (Å²) in [5.74, 6) is -1.09. The Balaban J connectivity index is 1.80. The first-order chi connectivity index (χ1) is 13.6. The van der Waals surface area contributed by atoms with E-state index in [9.17, 15) is 9.59 Å². The first-order valence-electron chi connectivity index (χ1n) is 8.20. The van der Waals surface area contributed by atoms with Gasteiger partial charge in [0.05, 0.1) is 22.5 Å². The maximum absolute atomic E-state index is 12.5. The summed E-state index contributed by atoms with van der Waals surface area (Å²) in [4.78, 5) is 29.0. The Bertz CT molecular complexity index is 1060. The number of nitriles is 2. The predicted molar refractivity (Wildman–Crippen MR) is 102 cm³/mol. The first kappa shape index (κ1) is 18.3. The SMILES string of the molecule is N#Cc1ccccc1NC(=O)c1cccc(C(=O)Nc2ccccc2C#N)n1. The second-order valence-electron chi connectivity index (χ2n) is 5.63. The van der Waals surface area contributed by atoms with Gasteiger partial charge in [-0.2, -0.15) is 10.5 Å². The molecule has 2 amide bonds. The van der Waals surface area contributed by atoms with Crippen molar-refractivity contribution >= 4 is 23.2 Å². The highest BCUT2D eigenvalue weighted by Crippen LogP contribution is 2.16. The third-order valence-electron chi connectivity index (χ3n) is 3.81. The monoisotopic (exact) mass is 367 g/mol. The second kappa shape index (κ2) is 8.26. The van der Waals surface area contributed by atoms with Crippen LogP contribution in [0.1, 0.15) is 32.1 Å². The summed E-state index contributed by atoms with van der Waals surface area (Å²) < 4.78 is 0. The molecule has 1 heterocycles. The Labute approximate surface area is 160 Å². The summed E-state index contributed by atoms with van der Waals surface area (Å²) in [6, 6.07) is 21.6. The minimum atomic E-state index is -0.547. The number of aromatic nitrogens is 1. The van der Waals surface area contributed by atoms with Crippen LogP contribution in [0.4, 0.5) is 11.4 Å². The van der Waals surface area contributed by atoms with Gasteiger partial charge in [0.1, 0.15) is 23.5 Å². The van der Waals surface area contributed by atoms with E-state index in [4.69, 9.17) is 10.5 Å². The third kappa shape index (κ3) is 4.01. The predicted octanol–water partition coefficient (Wildman–Crippen LogP) is 3.33. The van der Waals surface area contributed by atoms with Gasteiger partial charge in [0.25, 0.3) is 11.8 Å². The lowest BCUT2D eigenvalue weighted by molar-refractivity contribution is 0.101. The number of amides is 2. The van der Waals surface area contributed by atoms with Crippen LogP contribution >= 0.6 is 0 Å². The minimum absolute atomic E-state index is 0.0222. The lowest BCUT2D eigenvalue weighted by atomic mass is 10.2. The highest BCUT2D eigenvalue weighted by atomic mass is 16.2. The number of rotatable bonds is 4. The zero-order valence-corrected chi connectivity index (χ0v) is 14.5. The van der Waals surface area contributed by atoms with Crippen molar-refractivity contribution in [3.8, 4) is 12.1 Å². The molecule has 0 aliphatic rings. The Morgan fingerprint density at radius 1 is 0.679 bits per heavy atom. The zero-order valence-electron chi connectivity index (χ0n) is 14.5. The van der Waals surface area contributed by atoms with Crippen LogP contribution in [0, 0.1) is 22.7 Å². The van der Waals surface area contributed by atoms with E-state index in [0.717, 1.165) is 0 Å². The number of para-hydroxylation sites is 2. The van der Waals surface area contributed by atoms with E-state index in [2.05, 4.69) is 15.6 Å². The van der Waals surface area contributed by atoms with E-state index in [1.165, 1.54) is 18.2 Å². The number of carbonyl (C=O) groups is 2. The van der Waals surface area contributed by atoms with Gasteiger partial charge in [0.15, 0.2) is 0 Å². The number of carbonyl (C=O) groups excluding carboxylic acids is 2. The van der Waals surface area contributed by atoms with Crippen molar-refractivity contribution < 1.29 is 9.59 Å². The number of nitrogens with zero attached hydrogens (tertiary/aromatic N) is 3. The molecule has 2 aromatic carbocycles. The molecule has 0 atom stereocenters. The number of hydrogen-bond donors (Lipinski definition) is 2. The van der Waals surface area contributed by atoms with Crippen LogP contribution in [0.2, 0.25) is 0 Å². The molecule has 0 saturated carbocycles.